The van der Waals surface area contributed by atoms with Gasteiger partial charge >= 0.3 is 12.1 Å². The monoisotopic (exact) mass is 614 g/mol. The van der Waals surface area contributed by atoms with Gasteiger partial charge in [0.2, 0.25) is 0 Å². The number of carbonyl (C=O) groups excluding carboxylic acids is 4. The van der Waals surface area contributed by atoms with E-state index in [0.717, 1.165) is 11.1 Å². The van der Waals surface area contributed by atoms with Crippen LogP contribution in [0.4, 0.5) is 9.59 Å². The van der Waals surface area contributed by atoms with Crippen molar-refractivity contribution in [3.63, 3.8) is 0 Å². The maximum atomic E-state index is 12.5. The number of nitrogens with one attached hydrogen (secondary N) is 2. The molecule has 6 amide bonds. The standard InChI is InChI=1S/2C15H21N3O4/c2*1-10(2)13(14(20)16-22)18-7-6-17(15(18)21)9-11-4-3-5-12(19)8-11/h2*3-5,8,10,13,19,22H,6-7,9H2,1-2H3,(H,16,20). The number of phenols is 2. The summed E-state index contributed by atoms with van der Waals surface area (Å²) in [4.78, 5) is 54.7. The number of hydrogen-bond acceptors (Lipinski definition) is 8. The number of benzene rings is 2. The third kappa shape index (κ3) is 8.29. The average Bonchev–Trinajstić information content (AvgIpc) is 3.50. The molecule has 2 aliphatic rings. The number of nitrogens with zero attached hydrogens (tertiary/aromatic N) is 4. The Morgan fingerprint density at radius 2 is 1.05 bits per heavy atom. The van der Waals surface area contributed by atoms with Crippen molar-refractivity contribution in [3.8, 4) is 11.5 Å². The minimum absolute atomic E-state index is 0.114. The van der Waals surface area contributed by atoms with E-state index in [1.54, 1.807) is 57.2 Å². The molecule has 14 nitrogen and oxygen atoms in total. The highest BCUT2D eigenvalue weighted by Crippen LogP contribution is 2.23. The van der Waals surface area contributed by atoms with E-state index in [1.807, 2.05) is 39.8 Å². The van der Waals surface area contributed by atoms with Crippen LogP contribution in [0.15, 0.2) is 48.5 Å². The van der Waals surface area contributed by atoms with Gasteiger partial charge in [-0.05, 0) is 47.2 Å². The Hall–Kier alpha value is -4.56. The average molecular weight is 615 g/mol. The minimum atomic E-state index is -0.702. The van der Waals surface area contributed by atoms with Crippen molar-refractivity contribution in [3.05, 3.63) is 59.7 Å². The van der Waals surface area contributed by atoms with Gasteiger partial charge in [-0.25, -0.2) is 20.5 Å². The molecule has 4 rings (SSSR count). The van der Waals surface area contributed by atoms with Crippen LogP contribution in [-0.4, -0.2) is 102 Å². The van der Waals surface area contributed by atoms with Crippen molar-refractivity contribution in [1.82, 2.24) is 30.6 Å². The fourth-order valence-corrected chi connectivity index (χ4v) is 5.50. The summed E-state index contributed by atoms with van der Waals surface area (Å²) < 4.78 is 0. The van der Waals surface area contributed by atoms with Crippen molar-refractivity contribution >= 4 is 23.9 Å². The molecule has 2 fully saturated rings. The van der Waals surface area contributed by atoms with Crippen LogP contribution in [-0.2, 0) is 22.7 Å². The molecular weight excluding hydrogens is 572 g/mol. The lowest BCUT2D eigenvalue weighted by Crippen LogP contribution is -2.50. The van der Waals surface area contributed by atoms with Gasteiger partial charge in [-0.2, -0.15) is 0 Å². The second-order valence-electron chi connectivity index (χ2n) is 11.5. The van der Waals surface area contributed by atoms with Gasteiger partial charge in [0.05, 0.1) is 0 Å². The van der Waals surface area contributed by atoms with Gasteiger partial charge in [-0.1, -0.05) is 52.0 Å². The fraction of sp³-hybridized carbons (Fsp3) is 0.467. The van der Waals surface area contributed by atoms with Gasteiger partial charge in [0.25, 0.3) is 11.8 Å². The van der Waals surface area contributed by atoms with Crippen LogP contribution < -0.4 is 11.0 Å². The molecule has 0 saturated carbocycles. The summed E-state index contributed by atoms with van der Waals surface area (Å²) >= 11 is 0. The fourth-order valence-electron chi connectivity index (χ4n) is 5.50. The van der Waals surface area contributed by atoms with Crippen LogP contribution in [0, 0.1) is 11.8 Å². The molecule has 0 spiro atoms. The normalized spacial score (nSPS) is 16.3. The smallest absolute Gasteiger partial charge is 0.321 e. The number of urea groups is 2. The molecule has 2 saturated heterocycles. The van der Waals surface area contributed by atoms with Crippen LogP contribution in [0.2, 0.25) is 0 Å². The number of hydroxylamine groups is 2. The van der Waals surface area contributed by atoms with E-state index in [4.69, 9.17) is 10.4 Å². The van der Waals surface area contributed by atoms with Gasteiger partial charge in [-0.3, -0.25) is 20.0 Å². The second kappa shape index (κ2) is 15.3. The summed E-state index contributed by atoms with van der Waals surface area (Å²) in [6, 6.07) is 11.6. The topological polar surface area (TPSA) is 186 Å². The van der Waals surface area contributed by atoms with E-state index in [0.29, 0.717) is 39.3 Å². The van der Waals surface area contributed by atoms with Crippen molar-refractivity contribution in [2.24, 2.45) is 11.8 Å². The summed E-state index contributed by atoms with van der Waals surface area (Å²) in [5.74, 6) is -1.08. The van der Waals surface area contributed by atoms with Gasteiger partial charge in [0, 0.05) is 39.3 Å². The van der Waals surface area contributed by atoms with Crippen LogP contribution in [0.1, 0.15) is 38.8 Å². The summed E-state index contributed by atoms with van der Waals surface area (Å²) in [6.45, 7) is 9.88. The molecular formula is C30H42N6O8. The molecule has 6 N–H and O–H groups in total. The lowest BCUT2D eigenvalue weighted by Gasteiger charge is -2.29. The molecule has 0 bridgehead atoms. The first-order valence-corrected chi connectivity index (χ1v) is 14.4. The third-order valence-electron chi connectivity index (χ3n) is 7.51. The van der Waals surface area contributed by atoms with Gasteiger partial charge in [-0.15, -0.1) is 0 Å². The van der Waals surface area contributed by atoms with Crippen molar-refractivity contribution in [2.45, 2.75) is 52.9 Å². The molecule has 14 heteroatoms. The van der Waals surface area contributed by atoms with Crippen LogP contribution in [0.25, 0.3) is 0 Å². The number of aromatic hydroxyl groups is 2. The van der Waals surface area contributed by atoms with Gasteiger partial charge in [0.1, 0.15) is 23.6 Å². The highest BCUT2D eigenvalue weighted by Gasteiger charge is 2.40. The second-order valence-corrected chi connectivity index (χ2v) is 11.5. The summed E-state index contributed by atoms with van der Waals surface area (Å²) in [5.41, 5.74) is 4.91. The first-order valence-electron chi connectivity index (χ1n) is 14.4. The Morgan fingerprint density at radius 1 is 0.682 bits per heavy atom. The van der Waals surface area contributed by atoms with Crippen molar-refractivity contribution in [2.75, 3.05) is 26.2 Å². The van der Waals surface area contributed by atoms with E-state index in [9.17, 15) is 29.4 Å². The molecule has 0 aromatic heterocycles. The van der Waals surface area contributed by atoms with E-state index in [2.05, 4.69) is 0 Å². The Labute approximate surface area is 256 Å². The lowest BCUT2D eigenvalue weighted by atomic mass is 10.0. The zero-order chi connectivity index (χ0) is 32.6. The summed E-state index contributed by atoms with van der Waals surface area (Å²) in [6.07, 6.45) is 0. The zero-order valence-electron chi connectivity index (χ0n) is 25.4. The predicted octanol–water partition coefficient (Wildman–Crippen LogP) is 2.32. The SMILES string of the molecule is CC(C)C(C(=O)NO)N1CCN(Cc2cccc(O)c2)C1=O.CC(C)C(C(=O)NO)N1CCN(Cc2cccc(O)c2)C1=O. The first kappa shape index (κ1) is 33.9. The van der Waals surface area contributed by atoms with Crippen LogP contribution >= 0.6 is 0 Å². The number of phenolic OH excluding ortho intramolecular Hbond substituents is 2. The number of amides is 6. The minimum Gasteiger partial charge on any atom is -0.508 e. The molecule has 2 unspecified atom stereocenters. The van der Waals surface area contributed by atoms with Crippen LogP contribution in [0.3, 0.4) is 0 Å². The van der Waals surface area contributed by atoms with E-state index < -0.39 is 23.9 Å². The van der Waals surface area contributed by atoms with Crippen LogP contribution in [0.5, 0.6) is 11.5 Å². The molecule has 2 aromatic carbocycles. The third-order valence-corrected chi connectivity index (χ3v) is 7.51. The van der Waals surface area contributed by atoms with Gasteiger partial charge in [0.15, 0.2) is 0 Å². The predicted molar refractivity (Wildman–Crippen MR) is 158 cm³/mol. The summed E-state index contributed by atoms with van der Waals surface area (Å²) in [7, 11) is 0. The molecule has 2 aromatic rings. The molecule has 0 radical (unpaired) electrons. The lowest BCUT2D eigenvalue weighted by molar-refractivity contribution is -0.135. The molecule has 2 aliphatic heterocycles. The Bertz CT molecular complexity index is 1220. The molecule has 2 atom stereocenters. The largest absolute Gasteiger partial charge is 0.508 e. The van der Waals surface area contributed by atoms with Crippen molar-refractivity contribution < 1.29 is 39.8 Å². The van der Waals surface area contributed by atoms with Crippen molar-refractivity contribution in [1.29, 1.82) is 0 Å². The highest BCUT2D eigenvalue weighted by molar-refractivity contribution is 5.88. The molecule has 0 aliphatic carbocycles. The Morgan fingerprint density at radius 3 is 1.34 bits per heavy atom. The van der Waals surface area contributed by atoms with Gasteiger partial charge < -0.3 is 29.8 Å². The molecule has 240 valence electrons. The van der Waals surface area contributed by atoms with E-state index >= 15 is 0 Å². The Kier molecular flexibility index (Phi) is 11.8. The summed E-state index contributed by atoms with van der Waals surface area (Å²) in [5, 5.41) is 36.7. The molecule has 44 heavy (non-hydrogen) atoms. The highest BCUT2D eigenvalue weighted by atomic mass is 16.5. The maximum absolute atomic E-state index is 12.5. The number of rotatable bonds is 10. The number of hydrogen-bond donors (Lipinski definition) is 6. The quantitative estimate of drug-likeness (QED) is 0.174. The molecule has 2 heterocycles. The number of carbonyl (C=O) groups is 4. The Balaban J connectivity index is 0.000000240. The van der Waals surface area contributed by atoms with E-state index in [-0.39, 0.29) is 35.4 Å². The zero-order valence-corrected chi connectivity index (χ0v) is 25.4. The first-order chi connectivity index (χ1) is 20.9. The van der Waals surface area contributed by atoms with E-state index in [1.165, 1.54) is 9.80 Å². The maximum Gasteiger partial charge on any atom is 0.321 e.